The van der Waals surface area contributed by atoms with Crippen molar-refractivity contribution < 1.29 is 9.53 Å². The van der Waals surface area contributed by atoms with E-state index in [0.29, 0.717) is 32.7 Å². The Morgan fingerprint density at radius 2 is 1.68 bits per heavy atom. The van der Waals surface area contributed by atoms with E-state index >= 15 is 0 Å². The second-order valence-corrected chi connectivity index (χ2v) is 7.98. The first-order valence-corrected chi connectivity index (χ1v) is 11.2. The molecular formula is C26H26N4O4. The molecule has 0 atom stereocenters. The number of carbonyl (C=O) groups excluding carboxylic acids is 1. The van der Waals surface area contributed by atoms with Crippen LogP contribution in [-0.2, 0) is 31.0 Å². The van der Waals surface area contributed by atoms with Gasteiger partial charge in [0.05, 0.1) is 24.2 Å². The standard InChI is InChI=1S/C26H26N4O4/c1-2-12-30-23-22(25(32)29-26(30)33)13-21(15-27-23)24(31)28-14-18-8-10-20(11-9-18)17-34-16-19-6-4-3-5-7-19/h3-11,13,15H,2,12,14,16-17H2,1H3,(H,28,31)(H,29,32,33). The molecule has 2 N–H and O–H groups in total. The molecule has 0 radical (unpaired) electrons. The van der Waals surface area contributed by atoms with E-state index in [4.69, 9.17) is 4.74 Å². The number of carbonyl (C=O) groups is 1. The van der Waals surface area contributed by atoms with Gasteiger partial charge in [0.15, 0.2) is 0 Å². The Morgan fingerprint density at radius 1 is 1.00 bits per heavy atom. The molecule has 2 aromatic heterocycles. The number of aromatic amines is 1. The van der Waals surface area contributed by atoms with Gasteiger partial charge < -0.3 is 10.1 Å². The molecule has 0 aliphatic carbocycles. The van der Waals surface area contributed by atoms with Gasteiger partial charge >= 0.3 is 5.69 Å². The summed E-state index contributed by atoms with van der Waals surface area (Å²) >= 11 is 0. The van der Waals surface area contributed by atoms with Gasteiger partial charge in [0.25, 0.3) is 11.5 Å². The first-order valence-electron chi connectivity index (χ1n) is 11.2. The van der Waals surface area contributed by atoms with Crippen molar-refractivity contribution in [3.8, 4) is 0 Å². The first kappa shape index (κ1) is 23.1. The third-order valence-corrected chi connectivity index (χ3v) is 5.40. The average Bonchev–Trinajstić information content (AvgIpc) is 2.86. The molecule has 2 aromatic carbocycles. The van der Waals surface area contributed by atoms with E-state index in [1.165, 1.54) is 16.8 Å². The zero-order valence-corrected chi connectivity index (χ0v) is 18.9. The number of nitrogens with zero attached hydrogens (tertiary/aromatic N) is 2. The Hall–Kier alpha value is -4.04. The van der Waals surface area contributed by atoms with Gasteiger partial charge in [-0.3, -0.25) is 19.1 Å². The average molecular weight is 459 g/mol. The highest BCUT2D eigenvalue weighted by Crippen LogP contribution is 2.11. The predicted molar refractivity (Wildman–Crippen MR) is 129 cm³/mol. The van der Waals surface area contributed by atoms with Crippen LogP contribution >= 0.6 is 0 Å². The Morgan fingerprint density at radius 3 is 2.38 bits per heavy atom. The van der Waals surface area contributed by atoms with Crippen molar-refractivity contribution in [3.63, 3.8) is 0 Å². The minimum absolute atomic E-state index is 0.209. The number of amides is 1. The number of H-pyrrole nitrogens is 1. The first-order chi connectivity index (χ1) is 16.5. The van der Waals surface area contributed by atoms with Crippen molar-refractivity contribution >= 4 is 16.9 Å². The van der Waals surface area contributed by atoms with Crippen LogP contribution in [0.25, 0.3) is 11.0 Å². The van der Waals surface area contributed by atoms with E-state index in [9.17, 15) is 14.4 Å². The smallest absolute Gasteiger partial charge is 0.329 e. The molecule has 174 valence electrons. The Labute approximate surface area is 196 Å². The van der Waals surface area contributed by atoms with E-state index in [-0.39, 0.29) is 22.5 Å². The number of fused-ring (bicyclic) bond motifs is 1. The summed E-state index contributed by atoms with van der Waals surface area (Å²) in [7, 11) is 0. The zero-order valence-electron chi connectivity index (χ0n) is 18.9. The number of aryl methyl sites for hydroxylation is 1. The summed E-state index contributed by atoms with van der Waals surface area (Å²) in [5, 5.41) is 3.05. The van der Waals surface area contributed by atoms with Gasteiger partial charge in [0.1, 0.15) is 5.65 Å². The fourth-order valence-corrected chi connectivity index (χ4v) is 3.62. The van der Waals surface area contributed by atoms with E-state index in [2.05, 4.69) is 15.3 Å². The second kappa shape index (κ2) is 10.7. The minimum Gasteiger partial charge on any atom is -0.372 e. The fourth-order valence-electron chi connectivity index (χ4n) is 3.62. The molecule has 0 spiro atoms. The number of pyridine rings is 1. The van der Waals surface area contributed by atoms with Crippen LogP contribution in [0.2, 0.25) is 0 Å². The third-order valence-electron chi connectivity index (χ3n) is 5.40. The maximum atomic E-state index is 12.6. The summed E-state index contributed by atoms with van der Waals surface area (Å²) in [6, 6.07) is 19.3. The number of hydrogen-bond acceptors (Lipinski definition) is 5. The number of ether oxygens (including phenoxy) is 1. The molecule has 1 amide bonds. The number of benzene rings is 2. The van der Waals surface area contributed by atoms with Gasteiger partial charge in [-0.1, -0.05) is 61.5 Å². The summed E-state index contributed by atoms with van der Waals surface area (Å²) in [6.45, 7) is 3.74. The molecule has 0 aliphatic heterocycles. The fraction of sp³-hybridized carbons (Fsp3) is 0.231. The molecule has 4 aromatic rings. The molecule has 34 heavy (non-hydrogen) atoms. The van der Waals surface area contributed by atoms with Gasteiger partial charge in [-0.25, -0.2) is 9.78 Å². The molecule has 0 bridgehead atoms. The van der Waals surface area contributed by atoms with E-state index in [0.717, 1.165) is 16.7 Å². The lowest BCUT2D eigenvalue weighted by Crippen LogP contribution is -2.31. The van der Waals surface area contributed by atoms with Crippen LogP contribution in [0.1, 0.15) is 40.4 Å². The molecule has 8 heteroatoms. The molecular weight excluding hydrogens is 432 g/mol. The number of rotatable bonds is 9. The SMILES string of the molecule is CCCn1c(=O)[nH]c(=O)c2cc(C(=O)NCc3ccc(COCc4ccccc4)cc3)cnc21. The molecule has 0 aliphatic rings. The summed E-state index contributed by atoms with van der Waals surface area (Å²) in [5.41, 5.74) is 2.58. The largest absolute Gasteiger partial charge is 0.372 e. The van der Waals surface area contributed by atoms with Crippen LogP contribution in [0.15, 0.2) is 76.4 Å². The van der Waals surface area contributed by atoms with Crippen LogP contribution in [-0.4, -0.2) is 20.4 Å². The Bertz CT molecular complexity index is 1390. The second-order valence-electron chi connectivity index (χ2n) is 7.98. The van der Waals surface area contributed by atoms with E-state index < -0.39 is 11.2 Å². The highest BCUT2D eigenvalue weighted by Gasteiger charge is 2.13. The lowest BCUT2D eigenvalue weighted by molar-refractivity contribution is 0.0950. The normalized spacial score (nSPS) is 11.0. The van der Waals surface area contributed by atoms with Gasteiger partial charge in [-0.05, 0) is 29.2 Å². The molecule has 0 unspecified atom stereocenters. The van der Waals surface area contributed by atoms with Crippen LogP contribution < -0.4 is 16.6 Å². The van der Waals surface area contributed by atoms with Crippen LogP contribution in [0.3, 0.4) is 0 Å². The summed E-state index contributed by atoms with van der Waals surface area (Å²) in [5.74, 6) is -0.350. The maximum absolute atomic E-state index is 12.6. The van der Waals surface area contributed by atoms with Crippen molar-refractivity contribution in [2.45, 2.75) is 39.6 Å². The topological polar surface area (TPSA) is 106 Å². The van der Waals surface area contributed by atoms with Crippen molar-refractivity contribution in [1.82, 2.24) is 19.9 Å². The third kappa shape index (κ3) is 5.47. The molecule has 2 heterocycles. The summed E-state index contributed by atoms with van der Waals surface area (Å²) in [6.07, 6.45) is 2.10. The zero-order chi connectivity index (χ0) is 23.9. The highest BCUT2D eigenvalue weighted by molar-refractivity contribution is 5.96. The number of hydrogen-bond donors (Lipinski definition) is 2. The lowest BCUT2D eigenvalue weighted by Gasteiger charge is -2.10. The number of nitrogens with one attached hydrogen (secondary N) is 2. The Kier molecular flexibility index (Phi) is 7.29. The highest BCUT2D eigenvalue weighted by atomic mass is 16.5. The molecule has 4 rings (SSSR count). The predicted octanol–water partition coefficient (Wildman–Crippen LogP) is 3.14. The van der Waals surface area contributed by atoms with Crippen LogP contribution in [0.5, 0.6) is 0 Å². The van der Waals surface area contributed by atoms with Crippen LogP contribution in [0.4, 0.5) is 0 Å². The summed E-state index contributed by atoms with van der Waals surface area (Å²) < 4.78 is 7.16. The van der Waals surface area contributed by atoms with Gasteiger partial charge in [0, 0.05) is 19.3 Å². The monoisotopic (exact) mass is 458 g/mol. The number of aromatic nitrogens is 3. The maximum Gasteiger partial charge on any atom is 0.329 e. The van der Waals surface area contributed by atoms with Crippen molar-refractivity contribution in [2.75, 3.05) is 0 Å². The van der Waals surface area contributed by atoms with Crippen LogP contribution in [0, 0.1) is 0 Å². The molecule has 0 saturated heterocycles. The molecule has 0 fully saturated rings. The molecule has 8 nitrogen and oxygen atoms in total. The molecule has 0 saturated carbocycles. The van der Waals surface area contributed by atoms with E-state index in [1.54, 1.807) is 0 Å². The van der Waals surface area contributed by atoms with Gasteiger partial charge in [-0.2, -0.15) is 0 Å². The van der Waals surface area contributed by atoms with Crippen molar-refractivity contribution in [1.29, 1.82) is 0 Å². The van der Waals surface area contributed by atoms with Gasteiger partial charge in [0.2, 0.25) is 0 Å². The van der Waals surface area contributed by atoms with Crippen molar-refractivity contribution in [2.24, 2.45) is 0 Å². The quantitative estimate of drug-likeness (QED) is 0.401. The summed E-state index contributed by atoms with van der Waals surface area (Å²) in [4.78, 5) is 43.5. The van der Waals surface area contributed by atoms with Crippen molar-refractivity contribution in [3.05, 3.63) is 110 Å². The van der Waals surface area contributed by atoms with E-state index in [1.807, 2.05) is 61.5 Å². The van der Waals surface area contributed by atoms with Gasteiger partial charge in [-0.15, -0.1) is 0 Å². The lowest BCUT2D eigenvalue weighted by atomic mass is 10.1. The Balaban J connectivity index is 1.36. The minimum atomic E-state index is -0.556.